The predicted molar refractivity (Wildman–Crippen MR) is 88.3 cm³/mol. The number of ketones is 2. The quantitative estimate of drug-likeness (QED) is 0.592. The van der Waals surface area contributed by atoms with Crippen molar-refractivity contribution in [2.24, 2.45) is 11.8 Å². The van der Waals surface area contributed by atoms with E-state index < -0.39 is 18.0 Å². The largest absolute Gasteiger partial charge is 0.453 e. The van der Waals surface area contributed by atoms with E-state index in [-0.39, 0.29) is 28.7 Å². The van der Waals surface area contributed by atoms with E-state index in [9.17, 15) is 14.4 Å². The van der Waals surface area contributed by atoms with Gasteiger partial charge in [0.15, 0.2) is 23.6 Å². The molecular weight excluding hydrogens is 312 g/mol. The zero-order valence-corrected chi connectivity index (χ0v) is 14.0. The van der Waals surface area contributed by atoms with Gasteiger partial charge in [-0.15, -0.1) is 0 Å². The van der Waals surface area contributed by atoms with Crippen molar-refractivity contribution < 1.29 is 19.1 Å². The van der Waals surface area contributed by atoms with E-state index in [1.54, 1.807) is 11.8 Å². The number of carbonyl (C=O) groups is 3. The van der Waals surface area contributed by atoms with Gasteiger partial charge in [-0.25, -0.2) is 0 Å². The first kappa shape index (κ1) is 16.2. The molecule has 23 heavy (non-hydrogen) atoms. The lowest BCUT2D eigenvalue weighted by Crippen LogP contribution is -2.30. The molecule has 5 unspecified atom stereocenters. The summed E-state index contributed by atoms with van der Waals surface area (Å²) in [4.78, 5) is 37.0. The molecule has 3 rings (SSSR count). The first-order valence-electron chi connectivity index (χ1n) is 7.88. The molecule has 122 valence electrons. The number of thioether (sulfide) groups is 1. The third kappa shape index (κ3) is 3.20. The smallest absolute Gasteiger partial charge is 0.325 e. The molecule has 2 aliphatic rings. The Morgan fingerprint density at radius 2 is 2.00 bits per heavy atom. The average Bonchev–Trinajstić information content (AvgIpc) is 3.30. The Balaban J connectivity index is 1.66. The minimum atomic E-state index is -1.20. The fraction of sp³-hybridized carbons (Fsp3) is 0.500. The van der Waals surface area contributed by atoms with Crippen LogP contribution in [0.4, 0.5) is 0 Å². The molecule has 2 fully saturated rings. The molecule has 1 saturated heterocycles. The molecule has 1 aliphatic heterocycles. The molecule has 1 aliphatic carbocycles. The predicted octanol–water partition coefficient (Wildman–Crippen LogP) is 2.61. The Kier molecular flexibility index (Phi) is 4.57. The summed E-state index contributed by atoms with van der Waals surface area (Å²) >= 11 is 1.61. The second-order valence-corrected chi connectivity index (χ2v) is 7.58. The number of hydrogen-bond acceptors (Lipinski definition) is 5. The van der Waals surface area contributed by atoms with Gasteiger partial charge in [-0.05, 0) is 24.2 Å². The second kappa shape index (κ2) is 6.48. The summed E-state index contributed by atoms with van der Waals surface area (Å²) in [5, 5.41) is 0.212. The molecule has 1 saturated carbocycles. The zero-order valence-electron chi connectivity index (χ0n) is 13.2. The van der Waals surface area contributed by atoms with E-state index in [2.05, 4.69) is 0 Å². The summed E-state index contributed by atoms with van der Waals surface area (Å²) in [6.45, 7) is 1.98. The monoisotopic (exact) mass is 332 g/mol. The highest BCUT2D eigenvalue weighted by Gasteiger charge is 2.55. The number of ether oxygens (including phenoxy) is 1. The maximum atomic E-state index is 12.6. The summed E-state index contributed by atoms with van der Waals surface area (Å²) in [6.07, 6.45) is 2.38. The fourth-order valence-electron chi connectivity index (χ4n) is 3.18. The van der Waals surface area contributed by atoms with E-state index in [0.717, 1.165) is 5.56 Å². The van der Waals surface area contributed by atoms with Crippen molar-refractivity contribution in [1.82, 2.24) is 0 Å². The number of rotatable bonds is 6. The first-order chi connectivity index (χ1) is 11.0. The van der Waals surface area contributed by atoms with Crippen LogP contribution in [0.1, 0.15) is 31.2 Å². The molecule has 1 heterocycles. The van der Waals surface area contributed by atoms with E-state index in [1.165, 1.54) is 0 Å². The lowest BCUT2D eigenvalue weighted by molar-refractivity contribution is -0.147. The number of carbonyl (C=O) groups excluding carboxylic acids is 3. The van der Waals surface area contributed by atoms with Gasteiger partial charge in [-0.1, -0.05) is 37.3 Å². The van der Waals surface area contributed by atoms with Crippen molar-refractivity contribution in [3.05, 3.63) is 35.9 Å². The third-order valence-corrected chi connectivity index (χ3v) is 5.71. The molecule has 1 aromatic rings. The number of esters is 1. The van der Waals surface area contributed by atoms with Crippen molar-refractivity contribution in [3.63, 3.8) is 0 Å². The molecule has 0 radical (unpaired) electrons. The molecule has 0 aromatic heterocycles. The van der Waals surface area contributed by atoms with Crippen LogP contribution in [0.2, 0.25) is 0 Å². The lowest BCUT2D eigenvalue weighted by atomic mass is 9.92. The highest BCUT2D eigenvalue weighted by molar-refractivity contribution is 7.99. The van der Waals surface area contributed by atoms with Gasteiger partial charge >= 0.3 is 5.97 Å². The van der Waals surface area contributed by atoms with Crippen LogP contribution in [0.15, 0.2) is 30.3 Å². The van der Waals surface area contributed by atoms with Crippen molar-refractivity contribution in [3.8, 4) is 0 Å². The van der Waals surface area contributed by atoms with Gasteiger partial charge in [-0.3, -0.25) is 14.4 Å². The number of hydrogen-bond donors (Lipinski definition) is 0. The Bertz CT molecular complexity index is 627. The molecular formula is C18H20O4S. The van der Waals surface area contributed by atoms with Crippen LogP contribution in [-0.4, -0.2) is 35.1 Å². The second-order valence-electron chi connectivity index (χ2n) is 6.30. The van der Waals surface area contributed by atoms with E-state index >= 15 is 0 Å². The molecule has 5 atom stereocenters. The van der Waals surface area contributed by atoms with Gasteiger partial charge in [-0.2, -0.15) is 11.8 Å². The van der Waals surface area contributed by atoms with E-state index in [0.29, 0.717) is 12.8 Å². The van der Waals surface area contributed by atoms with Crippen LogP contribution >= 0.6 is 11.8 Å². The topological polar surface area (TPSA) is 60.4 Å². The van der Waals surface area contributed by atoms with Gasteiger partial charge in [0, 0.05) is 17.6 Å². The fourth-order valence-corrected chi connectivity index (χ4v) is 3.55. The highest BCUT2D eigenvalue weighted by atomic mass is 32.2. The average molecular weight is 332 g/mol. The first-order valence-corrected chi connectivity index (χ1v) is 9.17. The van der Waals surface area contributed by atoms with Crippen molar-refractivity contribution in [2.75, 3.05) is 6.26 Å². The minimum Gasteiger partial charge on any atom is -0.453 e. The minimum absolute atomic E-state index is 0.133. The van der Waals surface area contributed by atoms with Crippen LogP contribution in [0, 0.1) is 11.8 Å². The maximum absolute atomic E-state index is 12.6. The molecule has 0 spiro atoms. The lowest BCUT2D eigenvalue weighted by Gasteiger charge is -2.12. The normalized spacial score (nSPS) is 30.9. The number of benzene rings is 1. The van der Waals surface area contributed by atoms with Crippen LogP contribution in [0.5, 0.6) is 0 Å². The molecule has 0 N–H and O–H groups in total. The van der Waals surface area contributed by atoms with Crippen LogP contribution < -0.4 is 0 Å². The van der Waals surface area contributed by atoms with Crippen molar-refractivity contribution in [1.29, 1.82) is 0 Å². The summed E-state index contributed by atoms with van der Waals surface area (Å²) < 4.78 is 5.18. The molecule has 4 nitrogen and oxygen atoms in total. The molecule has 1 aromatic carbocycles. The van der Waals surface area contributed by atoms with E-state index in [1.807, 2.05) is 43.5 Å². The van der Waals surface area contributed by atoms with Gasteiger partial charge in [0.05, 0.1) is 0 Å². The summed E-state index contributed by atoms with van der Waals surface area (Å²) in [5.74, 6) is -2.55. The maximum Gasteiger partial charge on any atom is 0.325 e. The number of Topliss-reactive ketones (excluding diaryl/α,β-unsaturated/α-hetero) is 2. The van der Waals surface area contributed by atoms with Crippen LogP contribution in [0.25, 0.3) is 0 Å². The summed E-state index contributed by atoms with van der Waals surface area (Å²) in [6, 6.07) is 9.76. The number of cyclic esters (lactones) is 1. The highest BCUT2D eigenvalue weighted by Crippen LogP contribution is 2.49. The van der Waals surface area contributed by atoms with Gasteiger partial charge in [0.25, 0.3) is 0 Å². The standard InChI is InChI=1S/C18H20O4S/c1-10(23-2)8-14-17(20)15(18(21)22-14)16(19)13-9-12(13)11-6-4-3-5-7-11/h3-7,10,12-15H,8-9H2,1-2H3. The summed E-state index contributed by atoms with van der Waals surface area (Å²) in [7, 11) is 0. The van der Waals surface area contributed by atoms with Crippen LogP contribution in [0.3, 0.4) is 0 Å². The van der Waals surface area contributed by atoms with Gasteiger partial charge in [0.1, 0.15) is 0 Å². The van der Waals surface area contributed by atoms with Crippen molar-refractivity contribution >= 4 is 29.3 Å². The zero-order chi connectivity index (χ0) is 16.6. The Morgan fingerprint density at radius 1 is 1.30 bits per heavy atom. The molecule has 0 amide bonds. The Morgan fingerprint density at radius 3 is 2.65 bits per heavy atom. The van der Waals surface area contributed by atoms with Crippen LogP contribution in [-0.2, 0) is 19.1 Å². The summed E-state index contributed by atoms with van der Waals surface area (Å²) in [5.41, 5.74) is 1.09. The SMILES string of the molecule is CSC(C)CC1OC(=O)C(C(=O)C2CC2c2ccccc2)C1=O. The van der Waals surface area contributed by atoms with Gasteiger partial charge < -0.3 is 4.74 Å². The Hall–Kier alpha value is -1.62. The van der Waals surface area contributed by atoms with Crippen molar-refractivity contribution in [2.45, 2.75) is 37.0 Å². The molecule has 5 heteroatoms. The Labute approximate surface area is 140 Å². The van der Waals surface area contributed by atoms with Gasteiger partial charge in [0.2, 0.25) is 0 Å². The van der Waals surface area contributed by atoms with E-state index in [4.69, 9.17) is 4.74 Å². The molecule has 0 bridgehead atoms. The third-order valence-electron chi connectivity index (χ3n) is 4.71.